The highest BCUT2D eigenvalue weighted by Crippen LogP contribution is 2.46. The summed E-state index contributed by atoms with van der Waals surface area (Å²) >= 11 is 0. The van der Waals surface area contributed by atoms with Crippen molar-refractivity contribution >= 4 is 28.0 Å². The van der Waals surface area contributed by atoms with Gasteiger partial charge in [-0.25, -0.2) is 4.98 Å². The first kappa shape index (κ1) is 12.4. The Balaban J connectivity index is 2.01. The Morgan fingerprint density at radius 1 is 0.870 bits per heavy atom. The predicted octanol–water partition coefficient (Wildman–Crippen LogP) is 4.97. The van der Waals surface area contributed by atoms with Crippen molar-refractivity contribution in [1.29, 1.82) is 0 Å². The third kappa shape index (κ3) is 1.64. The van der Waals surface area contributed by atoms with Gasteiger partial charge < -0.3 is 4.74 Å². The number of carbonyl (C=O) groups is 1. The SMILES string of the molecule is O=Cc1ccc2c(c1)nc1c3c(cccc32)Oc2ccccc2-1. The van der Waals surface area contributed by atoms with E-state index in [0.29, 0.717) is 5.56 Å². The van der Waals surface area contributed by atoms with E-state index in [-0.39, 0.29) is 0 Å². The molecule has 0 aliphatic carbocycles. The van der Waals surface area contributed by atoms with Crippen molar-refractivity contribution in [3.8, 4) is 22.8 Å². The zero-order valence-corrected chi connectivity index (χ0v) is 12.1. The van der Waals surface area contributed by atoms with E-state index in [9.17, 15) is 4.79 Å². The average molecular weight is 297 g/mol. The second-order valence-electron chi connectivity index (χ2n) is 5.63. The number of rotatable bonds is 1. The second kappa shape index (κ2) is 4.40. The number of ether oxygens (including phenoxy) is 1. The van der Waals surface area contributed by atoms with E-state index >= 15 is 0 Å². The molecular formula is C20H11NO2. The van der Waals surface area contributed by atoms with Crippen LogP contribution in [0.15, 0.2) is 60.7 Å². The molecule has 3 nitrogen and oxygen atoms in total. The highest BCUT2D eigenvalue weighted by atomic mass is 16.5. The van der Waals surface area contributed by atoms with Crippen molar-refractivity contribution in [3.63, 3.8) is 0 Å². The summed E-state index contributed by atoms with van der Waals surface area (Å²) in [7, 11) is 0. The lowest BCUT2D eigenvalue weighted by Crippen LogP contribution is -1.99. The number of hydrogen-bond donors (Lipinski definition) is 0. The van der Waals surface area contributed by atoms with E-state index < -0.39 is 0 Å². The maximum absolute atomic E-state index is 11.1. The molecule has 1 aliphatic heterocycles. The van der Waals surface area contributed by atoms with Crippen molar-refractivity contribution in [2.24, 2.45) is 0 Å². The largest absolute Gasteiger partial charge is 0.456 e. The first-order valence-corrected chi connectivity index (χ1v) is 7.44. The monoisotopic (exact) mass is 297 g/mol. The van der Waals surface area contributed by atoms with Gasteiger partial charge in [-0.3, -0.25) is 4.79 Å². The van der Waals surface area contributed by atoms with Crippen molar-refractivity contribution in [2.45, 2.75) is 0 Å². The molecule has 3 heteroatoms. The first-order valence-electron chi connectivity index (χ1n) is 7.44. The zero-order chi connectivity index (χ0) is 15.4. The molecule has 2 heterocycles. The molecule has 0 spiro atoms. The van der Waals surface area contributed by atoms with Crippen LogP contribution < -0.4 is 4.74 Å². The summed E-state index contributed by atoms with van der Waals surface area (Å²) < 4.78 is 6.05. The molecule has 3 aromatic carbocycles. The highest BCUT2D eigenvalue weighted by molar-refractivity contribution is 6.14. The minimum Gasteiger partial charge on any atom is -0.456 e. The molecule has 0 fully saturated rings. The molecule has 0 atom stereocenters. The van der Waals surface area contributed by atoms with Crippen molar-refractivity contribution < 1.29 is 9.53 Å². The van der Waals surface area contributed by atoms with Gasteiger partial charge in [-0.1, -0.05) is 36.4 Å². The number of aldehydes is 1. The van der Waals surface area contributed by atoms with E-state index in [2.05, 4.69) is 6.07 Å². The van der Waals surface area contributed by atoms with Crippen LogP contribution in [0.5, 0.6) is 11.5 Å². The number of benzene rings is 3. The molecule has 1 aromatic heterocycles. The Labute approximate surface area is 132 Å². The fraction of sp³-hybridized carbons (Fsp3) is 0. The summed E-state index contributed by atoms with van der Waals surface area (Å²) in [6.07, 6.45) is 0.852. The van der Waals surface area contributed by atoms with Gasteiger partial charge in [0.25, 0.3) is 0 Å². The molecule has 0 radical (unpaired) electrons. The Kier molecular flexibility index (Phi) is 2.36. The van der Waals surface area contributed by atoms with E-state index in [1.54, 1.807) is 0 Å². The normalized spacial score (nSPS) is 12.0. The summed E-state index contributed by atoms with van der Waals surface area (Å²) in [6.45, 7) is 0. The molecule has 0 bridgehead atoms. The molecule has 0 amide bonds. The zero-order valence-electron chi connectivity index (χ0n) is 12.1. The fourth-order valence-corrected chi connectivity index (χ4v) is 3.27. The van der Waals surface area contributed by atoms with Crippen LogP contribution in [0.3, 0.4) is 0 Å². The van der Waals surface area contributed by atoms with Crippen LogP contribution in [-0.2, 0) is 0 Å². The van der Waals surface area contributed by atoms with Gasteiger partial charge in [-0.2, -0.15) is 0 Å². The smallest absolute Gasteiger partial charge is 0.150 e. The Morgan fingerprint density at radius 3 is 2.65 bits per heavy atom. The summed E-state index contributed by atoms with van der Waals surface area (Å²) in [5.74, 6) is 1.64. The lowest BCUT2D eigenvalue weighted by Gasteiger charge is -2.21. The maximum atomic E-state index is 11.1. The molecule has 0 saturated carbocycles. The number of nitrogens with zero attached hydrogens (tertiary/aromatic N) is 1. The average Bonchev–Trinajstić information content (AvgIpc) is 2.61. The maximum Gasteiger partial charge on any atom is 0.150 e. The van der Waals surface area contributed by atoms with Gasteiger partial charge in [0.05, 0.1) is 16.6 Å². The molecule has 0 saturated heterocycles. The standard InChI is InChI=1S/C20H11NO2/c22-11-12-8-9-13-14-5-3-7-18-19(14)20(21-16(13)10-12)15-4-1-2-6-17(15)23-18/h1-11H. The minimum absolute atomic E-state index is 0.632. The van der Waals surface area contributed by atoms with Gasteiger partial charge in [0, 0.05) is 16.5 Å². The van der Waals surface area contributed by atoms with Gasteiger partial charge in [0.15, 0.2) is 0 Å². The van der Waals surface area contributed by atoms with E-state index in [4.69, 9.17) is 9.72 Å². The van der Waals surface area contributed by atoms with E-state index in [0.717, 1.165) is 50.7 Å². The van der Waals surface area contributed by atoms with Crippen molar-refractivity contribution in [2.75, 3.05) is 0 Å². The minimum atomic E-state index is 0.632. The predicted molar refractivity (Wildman–Crippen MR) is 90.1 cm³/mol. The van der Waals surface area contributed by atoms with Crippen LogP contribution in [-0.4, -0.2) is 11.3 Å². The van der Waals surface area contributed by atoms with Gasteiger partial charge in [0.2, 0.25) is 0 Å². The summed E-state index contributed by atoms with van der Waals surface area (Å²) in [5.41, 5.74) is 3.35. The van der Waals surface area contributed by atoms with Crippen LogP contribution in [0.2, 0.25) is 0 Å². The number of fused-ring (bicyclic) bond motifs is 4. The summed E-state index contributed by atoms with van der Waals surface area (Å²) in [6, 6.07) is 19.5. The summed E-state index contributed by atoms with van der Waals surface area (Å²) in [4.78, 5) is 15.9. The fourth-order valence-electron chi connectivity index (χ4n) is 3.27. The number of para-hydroxylation sites is 1. The number of aromatic nitrogens is 1. The van der Waals surface area contributed by atoms with Gasteiger partial charge in [0.1, 0.15) is 17.8 Å². The Hall–Kier alpha value is -3.20. The summed E-state index contributed by atoms with van der Waals surface area (Å²) in [5, 5.41) is 3.14. The van der Waals surface area contributed by atoms with Crippen molar-refractivity contribution in [1.82, 2.24) is 4.98 Å². The third-order valence-corrected chi connectivity index (χ3v) is 4.31. The van der Waals surface area contributed by atoms with Gasteiger partial charge in [-0.05, 0) is 29.7 Å². The van der Waals surface area contributed by atoms with Gasteiger partial charge >= 0.3 is 0 Å². The molecular weight excluding hydrogens is 286 g/mol. The lowest BCUT2D eigenvalue weighted by atomic mass is 9.96. The lowest BCUT2D eigenvalue weighted by molar-refractivity contribution is 0.112. The number of hydrogen-bond acceptors (Lipinski definition) is 3. The molecule has 5 rings (SSSR count). The Bertz CT molecular complexity index is 1120. The van der Waals surface area contributed by atoms with Crippen LogP contribution in [0.4, 0.5) is 0 Å². The highest BCUT2D eigenvalue weighted by Gasteiger charge is 2.22. The molecule has 4 aromatic rings. The molecule has 0 N–H and O–H groups in total. The molecule has 108 valence electrons. The van der Waals surface area contributed by atoms with Crippen molar-refractivity contribution in [3.05, 3.63) is 66.2 Å². The van der Waals surface area contributed by atoms with E-state index in [1.165, 1.54) is 0 Å². The van der Waals surface area contributed by atoms with Gasteiger partial charge in [-0.15, -0.1) is 0 Å². The van der Waals surface area contributed by atoms with Crippen LogP contribution in [0.25, 0.3) is 32.9 Å². The topological polar surface area (TPSA) is 39.2 Å². The first-order chi connectivity index (χ1) is 11.3. The Morgan fingerprint density at radius 2 is 1.74 bits per heavy atom. The molecule has 23 heavy (non-hydrogen) atoms. The molecule has 0 unspecified atom stereocenters. The third-order valence-electron chi connectivity index (χ3n) is 4.31. The number of carbonyl (C=O) groups excluding carboxylic acids is 1. The van der Waals surface area contributed by atoms with Crippen LogP contribution >= 0.6 is 0 Å². The van der Waals surface area contributed by atoms with Crippen LogP contribution in [0, 0.1) is 0 Å². The quantitative estimate of drug-likeness (QED) is 0.324. The van der Waals surface area contributed by atoms with Crippen LogP contribution in [0.1, 0.15) is 10.4 Å². The number of pyridine rings is 1. The second-order valence-corrected chi connectivity index (χ2v) is 5.63. The van der Waals surface area contributed by atoms with E-state index in [1.807, 2.05) is 54.6 Å². The molecule has 1 aliphatic rings.